The molecule has 1 unspecified atom stereocenters. The number of aliphatic carboxylic acids is 1. The second-order valence-corrected chi connectivity index (χ2v) is 3.63. The molecule has 4 heteroatoms. The third-order valence-corrected chi connectivity index (χ3v) is 2.44. The first kappa shape index (κ1) is 9.71. The van der Waals surface area contributed by atoms with Gasteiger partial charge < -0.3 is 9.63 Å². The molecule has 0 aliphatic carbocycles. The Morgan fingerprint density at radius 1 is 1.60 bits per heavy atom. The molecule has 1 heterocycles. The fourth-order valence-electron chi connectivity index (χ4n) is 1.57. The number of fused-ring (bicyclic) bond motifs is 1. The summed E-state index contributed by atoms with van der Waals surface area (Å²) >= 11 is 0. The van der Waals surface area contributed by atoms with Crippen LogP contribution in [0.1, 0.15) is 24.8 Å². The molecular formula is C11H11NO3. The smallest absolute Gasteiger partial charge is 0.303 e. The number of carboxylic acid groups (broad SMARTS) is 1. The van der Waals surface area contributed by atoms with E-state index in [1.165, 1.54) is 0 Å². The maximum Gasteiger partial charge on any atom is 0.303 e. The molecule has 2 rings (SSSR count). The second kappa shape index (κ2) is 3.73. The Hall–Kier alpha value is -1.84. The van der Waals surface area contributed by atoms with Crippen molar-refractivity contribution in [2.75, 3.05) is 0 Å². The first-order valence-electron chi connectivity index (χ1n) is 4.72. The SMILES string of the molecule is CC(CC(=O)O)c1ccc2conc2c1. The molecule has 1 aromatic carbocycles. The van der Waals surface area contributed by atoms with E-state index in [0.717, 1.165) is 16.5 Å². The van der Waals surface area contributed by atoms with Gasteiger partial charge in [-0.3, -0.25) is 4.79 Å². The molecule has 0 saturated heterocycles. The van der Waals surface area contributed by atoms with E-state index < -0.39 is 5.97 Å². The van der Waals surface area contributed by atoms with Gasteiger partial charge in [-0.2, -0.15) is 0 Å². The predicted octanol–water partition coefficient (Wildman–Crippen LogP) is 2.41. The van der Waals surface area contributed by atoms with Crippen LogP contribution in [0, 0.1) is 0 Å². The molecular weight excluding hydrogens is 194 g/mol. The summed E-state index contributed by atoms with van der Waals surface area (Å²) in [5, 5.41) is 13.4. The molecule has 0 bridgehead atoms. The van der Waals surface area contributed by atoms with Crippen molar-refractivity contribution in [3.8, 4) is 0 Å². The number of benzene rings is 1. The van der Waals surface area contributed by atoms with Crippen molar-refractivity contribution in [2.24, 2.45) is 0 Å². The van der Waals surface area contributed by atoms with E-state index in [-0.39, 0.29) is 12.3 Å². The largest absolute Gasteiger partial charge is 0.481 e. The summed E-state index contributed by atoms with van der Waals surface area (Å²) in [5.74, 6) is -0.800. The molecule has 1 atom stereocenters. The Balaban J connectivity index is 2.30. The molecule has 0 amide bonds. The lowest BCUT2D eigenvalue weighted by atomic mass is 9.97. The van der Waals surface area contributed by atoms with Gasteiger partial charge in [0.25, 0.3) is 0 Å². The molecule has 1 aromatic heterocycles. The first-order chi connectivity index (χ1) is 7.16. The van der Waals surface area contributed by atoms with Crippen LogP contribution in [-0.4, -0.2) is 16.2 Å². The molecule has 4 nitrogen and oxygen atoms in total. The monoisotopic (exact) mass is 205 g/mol. The second-order valence-electron chi connectivity index (χ2n) is 3.63. The summed E-state index contributed by atoms with van der Waals surface area (Å²) in [6.07, 6.45) is 1.70. The number of nitrogens with zero attached hydrogens (tertiary/aromatic N) is 1. The lowest BCUT2D eigenvalue weighted by Crippen LogP contribution is -2.02. The minimum atomic E-state index is -0.789. The Morgan fingerprint density at radius 3 is 3.13 bits per heavy atom. The molecule has 15 heavy (non-hydrogen) atoms. The molecule has 0 aliphatic rings. The fourth-order valence-corrected chi connectivity index (χ4v) is 1.57. The van der Waals surface area contributed by atoms with Gasteiger partial charge in [-0.15, -0.1) is 0 Å². The topological polar surface area (TPSA) is 63.3 Å². The Morgan fingerprint density at radius 2 is 2.40 bits per heavy atom. The quantitative estimate of drug-likeness (QED) is 0.835. The molecule has 0 aliphatic heterocycles. The molecule has 78 valence electrons. The summed E-state index contributed by atoms with van der Waals surface area (Å²) in [5.41, 5.74) is 1.74. The van der Waals surface area contributed by atoms with Gasteiger partial charge in [0.1, 0.15) is 11.8 Å². The van der Waals surface area contributed by atoms with Gasteiger partial charge in [0.2, 0.25) is 0 Å². The Labute approximate surface area is 86.5 Å². The van der Waals surface area contributed by atoms with Gasteiger partial charge >= 0.3 is 5.97 Å². The van der Waals surface area contributed by atoms with E-state index in [4.69, 9.17) is 9.63 Å². The molecule has 0 spiro atoms. The van der Waals surface area contributed by atoms with Crippen LogP contribution in [0.4, 0.5) is 0 Å². The highest BCUT2D eigenvalue weighted by Gasteiger charge is 2.11. The standard InChI is InChI=1S/C11H11NO3/c1-7(4-11(13)14)8-2-3-9-6-15-12-10(9)5-8/h2-3,5-7H,4H2,1H3,(H,13,14). The van der Waals surface area contributed by atoms with Crippen LogP contribution in [0.3, 0.4) is 0 Å². The third kappa shape index (κ3) is 1.98. The van der Waals surface area contributed by atoms with Crippen molar-refractivity contribution in [3.63, 3.8) is 0 Å². The number of rotatable bonds is 3. The minimum Gasteiger partial charge on any atom is -0.481 e. The van der Waals surface area contributed by atoms with Gasteiger partial charge in [-0.05, 0) is 23.6 Å². The number of carboxylic acids is 1. The Kier molecular flexibility index (Phi) is 2.41. The predicted molar refractivity (Wildman–Crippen MR) is 54.7 cm³/mol. The maximum atomic E-state index is 10.6. The Bertz CT molecular complexity index is 489. The van der Waals surface area contributed by atoms with Crippen LogP contribution >= 0.6 is 0 Å². The molecule has 0 fully saturated rings. The van der Waals surface area contributed by atoms with Crippen LogP contribution in [0.2, 0.25) is 0 Å². The lowest BCUT2D eigenvalue weighted by molar-refractivity contribution is -0.137. The normalized spacial score (nSPS) is 12.9. The van der Waals surface area contributed by atoms with Gasteiger partial charge in [-0.1, -0.05) is 18.1 Å². The van der Waals surface area contributed by atoms with E-state index in [1.54, 1.807) is 6.26 Å². The summed E-state index contributed by atoms with van der Waals surface area (Å²) < 4.78 is 4.81. The zero-order chi connectivity index (χ0) is 10.8. The number of hydrogen-bond donors (Lipinski definition) is 1. The maximum absolute atomic E-state index is 10.6. The van der Waals surface area contributed by atoms with Crippen molar-refractivity contribution in [1.82, 2.24) is 5.16 Å². The van der Waals surface area contributed by atoms with Crippen molar-refractivity contribution in [2.45, 2.75) is 19.3 Å². The first-order valence-corrected chi connectivity index (χ1v) is 4.72. The molecule has 1 N–H and O–H groups in total. The van der Waals surface area contributed by atoms with Gasteiger partial charge in [-0.25, -0.2) is 0 Å². The molecule has 2 aromatic rings. The van der Waals surface area contributed by atoms with Crippen molar-refractivity contribution in [1.29, 1.82) is 0 Å². The summed E-state index contributed by atoms with van der Waals surface area (Å²) in [7, 11) is 0. The van der Waals surface area contributed by atoms with E-state index in [2.05, 4.69) is 5.16 Å². The van der Waals surface area contributed by atoms with E-state index in [9.17, 15) is 4.79 Å². The highest BCUT2D eigenvalue weighted by atomic mass is 16.5. The van der Waals surface area contributed by atoms with E-state index >= 15 is 0 Å². The molecule has 0 saturated carbocycles. The highest BCUT2D eigenvalue weighted by Crippen LogP contribution is 2.22. The fraction of sp³-hybridized carbons (Fsp3) is 0.273. The summed E-state index contributed by atoms with van der Waals surface area (Å²) in [6, 6.07) is 5.67. The van der Waals surface area contributed by atoms with Gasteiger partial charge in [0, 0.05) is 5.39 Å². The van der Waals surface area contributed by atoms with Gasteiger partial charge in [0.15, 0.2) is 0 Å². The molecule has 0 radical (unpaired) electrons. The zero-order valence-corrected chi connectivity index (χ0v) is 8.30. The number of carbonyl (C=O) groups is 1. The van der Waals surface area contributed by atoms with Gasteiger partial charge in [0.05, 0.1) is 6.42 Å². The van der Waals surface area contributed by atoms with Crippen LogP contribution in [0.5, 0.6) is 0 Å². The average molecular weight is 205 g/mol. The highest BCUT2D eigenvalue weighted by molar-refractivity contribution is 5.78. The third-order valence-electron chi connectivity index (χ3n) is 2.44. The zero-order valence-electron chi connectivity index (χ0n) is 8.30. The van der Waals surface area contributed by atoms with Crippen molar-refractivity contribution < 1.29 is 14.4 Å². The minimum absolute atomic E-state index is 0.0106. The lowest BCUT2D eigenvalue weighted by Gasteiger charge is -2.08. The summed E-state index contributed by atoms with van der Waals surface area (Å²) in [4.78, 5) is 10.6. The number of aromatic nitrogens is 1. The number of hydrogen-bond acceptors (Lipinski definition) is 3. The van der Waals surface area contributed by atoms with Crippen LogP contribution in [0.25, 0.3) is 10.9 Å². The van der Waals surface area contributed by atoms with Crippen LogP contribution in [0.15, 0.2) is 29.0 Å². The van der Waals surface area contributed by atoms with Crippen LogP contribution in [-0.2, 0) is 4.79 Å². The van der Waals surface area contributed by atoms with Crippen LogP contribution < -0.4 is 0 Å². The van der Waals surface area contributed by atoms with E-state index in [1.807, 2.05) is 25.1 Å². The van der Waals surface area contributed by atoms with Crippen molar-refractivity contribution >= 4 is 16.9 Å². The van der Waals surface area contributed by atoms with Crippen molar-refractivity contribution in [3.05, 3.63) is 30.0 Å². The summed E-state index contributed by atoms with van der Waals surface area (Å²) in [6.45, 7) is 1.88. The average Bonchev–Trinajstić information content (AvgIpc) is 2.62. The van der Waals surface area contributed by atoms with E-state index in [0.29, 0.717) is 0 Å².